The van der Waals surface area contributed by atoms with Crippen LogP contribution < -0.4 is 51.7 Å². The Labute approximate surface area is 458 Å². The molecule has 9 aromatic rings. The molecular formula is C63H54B2BrCl2N3O4. The van der Waals surface area contributed by atoms with Crippen LogP contribution in [0.2, 0.25) is 10.0 Å². The van der Waals surface area contributed by atoms with Gasteiger partial charge < -0.3 is 18.9 Å². The van der Waals surface area contributed by atoms with Crippen LogP contribution in [0.15, 0.2) is 169 Å². The van der Waals surface area contributed by atoms with E-state index in [1.807, 2.05) is 97.5 Å². The van der Waals surface area contributed by atoms with Crippen LogP contribution in [0.1, 0.15) is 79.0 Å². The Bertz CT molecular complexity index is 3510. The van der Waals surface area contributed by atoms with E-state index in [9.17, 15) is 0 Å². The number of halogens is 3. The van der Waals surface area contributed by atoms with Gasteiger partial charge in [-0.15, -0.1) is 0 Å². The Morgan fingerprint density at radius 2 is 0.707 bits per heavy atom. The fourth-order valence-corrected chi connectivity index (χ4v) is 10.8. The van der Waals surface area contributed by atoms with Crippen LogP contribution in [0.5, 0.6) is 46.0 Å². The van der Waals surface area contributed by atoms with Gasteiger partial charge in [0.05, 0.1) is 11.4 Å². The molecule has 0 bridgehead atoms. The molecule has 0 atom stereocenters. The zero-order valence-electron chi connectivity index (χ0n) is 43.4. The highest BCUT2D eigenvalue weighted by molar-refractivity contribution is 9.10. The van der Waals surface area contributed by atoms with Crippen molar-refractivity contribution < 1.29 is 18.9 Å². The van der Waals surface area contributed by atoms with Crippen LogP contribution in [0.4, 0.5) is 0 Å². The van der Waals surface area contributed by atoms with Gasteiger partial charge in [-0.1, -0.05) is 110 Å². The average Bonchev–Trinajstić information content (AvgIpc) is 3.38. The van der Waals surface area contributed by atoms with E-state index in [1.54, 1.807) is 0 Å². The molecule has 0 spiro atoms. The summed E-state index contributed by atoms with van der Waals surface area (Å²) in [5.41, 5.74) is 14.6. The fourth-order valence-electron chi connectivity index (χ4n) is 10.1. The first-order chi connectivity index (χ1) is 35.8. The lowest BCUT2D eigenvalue weighted by Gasteiger charge is -2.33. The molecule has 0 radical (unpaired) electrons. The van der Waals surface area contributed by atoms with E-state index in [1.165, 1.54) is 16.7 Å². The van der Waals surface area contributed by atoms with Crippen molar-refractivity contribution in [1.82, 2.24) is 15.0 Å². The third kappa shape index (κ3) is 9.96. The van der Waals surface area contributed by atoms with Crippen LogP contribution in [0.3, 0.4) is 0 Å². The highest BCUT2D eigenvalue weighted by Gasteiger charge is 2.42. The van der Waals surface area contributed by atoms with Gasteiger partial charge in [0.25, 0.3) is 13.4 Å². The van der Waals surface area contributed by atoms with Crippen LogP contribution >= 0.6 is 39.1 Å². The molecule has 75 heavy (non-hydrogen) atoms. The highest BCUT2D eigenvalue weighted by atomic mass is 79.9. The molecule has 0 saturated heterocycles. The average molecular weight is 1090 g/mol. The van der Waals surface area contributed by atoms with E-state index in [4.69, 9.17) is 52.1 Å². The van der Waals surface area contributed by atoms with Crippen molar-refractivity contribution in [2.24, 2.45) is 0 Å². The molecule has 3 aromatic heterocycles. The largest absolute Gasteiger partial charge is 0.458 e. The Morgan fingerprint density at radius 3 is 1.05 bits per heavy atom. The molecule has 12 heteroatoms. The van der Waals surface area contributed by atoms with Crippen molar-refractivity contribution >= 4 is 85.3 Å². The lowest BCUT2D eigenvalue weighted by Crippen LogP contribution is -2.57. The first kappa shape index (κ1) is 50.3. The minimum Gasteiger partial charge on any atom is -0.458 e. The number of benzene rings is 6. The smallest absolute Gasteiger partial charge is 0.260 e. The van der Waals surface area contributed by atoms with Crippen LogP contribution in [0, 0.1) is 0 Å². The summed E-state index contributed by atoms with van der Waals surface area (Å²) in [6, 6.07) is 48.9. The maximum absolute atomic E-state index is 6.46. The van der Waals surface area contributed by atoms with E-state index >= 15 is 0 Å². The summed E-state index contributed by atoms with van der Waals surface area (Å²) in [5.74, 6) is 6.66. The highest BCUT2D eigenvalue weighted by Crippen LogP contribution is 2.39. The maximum Gasteiger partial charge on any atom is 0.260 e. The molecule has 7 nitrogen and oxygen atoms in total. The van der Waals surface area contributed by atoms with Crippen molar-refractivity contribution in [3.63, 3.8) is 0 Å². The first-order valence-corrected chi connectivity index (χ1v) is 26.7. The standard InChI is InChI=1S/C36H33BN2O2.C18H9BCl2O2.C9H12BrN/c1-35(2,3)24-14-16-38-28(20-24)22-10-12-30-26(18-22)37-27-19-23(29-21-25(15-17-39-29)36(4,5)6)11-13-31(27)41-33-9-7-8-32(40-30)34(33)37;20-10-4-6-14-12(8-10)19-13-9-11(21)5-7-15(13)23-17-3-1-2-16(22-14)18(17)19;1-9(2,3)7-4-5-11-8(10)6-7/h7-21H,1-6H3;1-9H;4-6H,1-3H3. The van der Waals surface area contributed by atoms with Gasteiger partial charge in [0.2, 0.25) is 0 Å². The SMILES string of the molecule is CC(C)(C)c1ccnc(-c2ccc3c(c2)B2c4cc(-c5cc(C(C)(C)C)ccn5)ccc4Oc4cccc(c42)O3)c1.CC(C)(C)c1ccnc(Br)c1.Clc1ccc2c(c1)B1c3cc(Cl)ccc3Oc3cccc(c31)O2. The molecule has 6 aromatic carbocycles. The molecule has 0 aliphatic carbocycles. The zero-order valence-corrected chi connectivity index (χ0v) is 46.4. The Kier molecular flexibility index (Phi) is 13.0. The number of ether oxygens (including phenoxy) is 4. The lowest BCUT2D eigenvalue weighted by molar-refractivity contribution is 0.464. The molecule has 0 amide bonds. The van der Waals surface area contributed by atoms with Crippen molar-refractivity contribution in [3.05, 3.63) is 196 Å². The molecule has 7 heterocycles. The molecule has 0 N–H and O–H groups in total. The molecule has 372 valence electrons. The fraction of sp³-hybridized carbons (Fsp3) is 0.190. The van der Waals surface area contributed by atoms with Gasteiger partial charge in [-0.25, -0.2) is 4.98 Å². The Morgan fingerprint density at radius 1 is 0.373 bits per heavy atom. The third-order valence-corrected chi connectivity index (χ3v) is 15.1. The summed E-state index contributed by atoms with van der Waals surface area (Å²) in [6.45, 7) is 19.9. The molecule has 4 aliphatic rings. The van der Waals surface area contributed by atoms with E-state index < -0.39 is 0 Å². The summed E-state index contributed by atoms with van der Waals surface area (Å²) in [5, 5.41) is 1.37. The van der Waals surface area contributed by atoms with Gasteiger partial charge in [0, 0.05) is 39.6 Å². The number of rotatable bonds is 2. The second kappa shape index (κ2) is 19.4. The number of fused-ring (bicyclic) bond motifs is 8. The minimum absolute atomic E-state index is 0.00565. The van der Waals surface area contributed by atoms with Crippen LogP contribution in [-0.2, 0) is 16.2 Å². The monoisotopic (exact) mass is 1090 g/mol. The summed E-state index contributed by atoms with van der Waals surface area (Å²) < 4.78 is 25.9. The Balaban J connectivity index is 0.000000147. The summed E-state index contributed by atoms with van der Waals surface area (Å²) in [6.07, 6.45) is 5.65. The van der Waals surface area contributed by atoms with E-state index in [0.717, 1.165) is 106 Å². The molecule has 0 unspecified atom stereocenters. The first-order valence-electron chi connectivity index (χ1n) is 25.2. The van der Waals surface area contributed by atoms with Gasteiger partial charge in [0.1, 0.15) is 50.6 Å². The molecule has 0 fully saturated rings. The number of pyridine rings is 3. The van der Waals surface area contributed by atoms with Gasteiger partial charge >= 0.3 is 0 Å². The molecule has 0 saturated carbocycles. The normalized spacial score (nSPS) is 13.2. The van der Waals surface area contributed by atoms with Gasteiger partial charge in [-0.05, 0) is 203 Å². The summed E-state index contributed by atoms with van der Waals surface area (Å²) in [7, 11) is 0. The number of hydrogen-bond donors (Lipinski definition) is 0. The minimum atomic E-state index is -0.0369. The topological polar surface area (TPSA) is 75.6 Å². The second-order valence-electron chi connectivity index (χ2n) is 22.5. The third-order valence-electron chi connectivity index (χ3n) is 14.2. The van der Waals surface area contributed by atoms with Crippen molar-refractivity contribution in [2.75, 3.05) is 0 Å². The lowest BCUT2D eigenvalue weighted by atomic mass is 9.34. The van der Waals surface area contributed by atoms with Crippen LogP contribution in [-0.4, -0.2) is 28.4 Å². The molecular weight excluding hydrogens is 1040 g/mol. The van der Waals surface area contributed by atoms with Crippen molar-refractivity contribution in [2.45, 2.75) is 78.6 Å². The van der Waals surface area contributed by atoms with Gasteiger partial charge in [0.15, 0.2) is 0 Å². The van der Waals surface area contributed by atoms with Crippen molar-refractivity contribution in [1.29, 1.82) is 0 Å². The quantitative estimate of drug-likeness (QED) is 0.126. The predicted octanol–water partition coefficient (Wildman–Crippen LogP) is 14.0. The zero-order chi connectivity index (χ0) is 52.6. The second-order valence-corrected chi connectivity index (χ2v) is 24.1. The van der Waals surface area contributed by atoms with E-state index in [0.29, 0.717) is 10.0 Å². The van der Waals surface area contributed by atoms with E-state index in [-0.39, 0.29) is 29.7 Å². The predicted molar refractivity (Wildman–Crippen MR) is 313 cm³/mol. The summed E-state index contributed by atoms with van der Waals surface area (Å²) in [4.78, 5) is 13.6. The maximum atomic E-state index is 6.46. The number of aromatic nitrogens is 3. The Hall–Kier alpha value is -6.84. The van der Waals surface area contributed by atoms with Gasteiger partial charge in [-0.2, -0.15) is 0 Å². The molecule has 4 aliphatic heterocycles. The molecule has 13 rings (SSSR count). The summed E-state index contributed by atoms with van der Waals surface area (Å²) >= 11 is 15.8. The number of hydrogen-bond acceptors (Lipinski definition) is 7. The number of nitrogens with zero attached hydrogens (tertiary/aromatic N) is 3. The van der Waals surface area contributed by atoms with Gasteiger partial charge in [-0.3, -0.25) is 9.97 Å². The van der Waals surface area contributed by atoms with E-state index in [2.05, 4.69) is 150 Å². The van der Waals surface area contributed by atoms with Crippen molar-refractivity contribution in [3.8, 4) is 68.5 Å². The van der Waals surface area contributed by atoms with Crippen LogP contribution in [0.25, 0.3) is 22.5 Å².